The number of aromatic carboxylic acids is 2. The van der Waals surface area contributed by atoms with E-state index in [9.17, 15) is 9.59 Å². The zero-order valence-corrected chi connectivity index (χ0v) is 5.94. The van der Waals surface area contributed by atoms with Gasteiger partial charge in [-0.15, -0.1) is 0 Å². The normalized spacial score (nSPS) is 9.33. The van der Waals surface area contributed by atoms with Gasteiger partial charge in [-0.05, 0) is 24.3 Å². The minimum Gasteiger partial charge on any atom is -0.478 e. The summed E-state index contributed by atoms with van der Waals surface area (Å²) >= 11 is 0. The lowest BCUT2D eigenvalue weighted by Gasteiger charge is -1.95. The van der Waals surface area contributed by atoms with Crippen LogP contribution >= 0.6 is 0 Å². The Balaban J connectivity index is 3.12. The number of rotatable bonds is 2. The van der Waals surface area contributed by atoms with Crippen LogP contribution in [0, 0.1) is 6.07 Å². The molecule has 4 heteroatoms. The van der Waals surface area contributed by atoms with Gasteiger partial charge in [0.2, 0.25) is 0 Å². The molecule has 1 radical (unpaired) electrons. The van der Waals surface area contributed by atoms with Gasteiger partial charge >= 0.3 is 11.9 Å². The molecule has 61 valence electrons. The van der Waals surface area contributed by atoms with Gasteiger partial charge < -0.3 is 10.2 Å². The van der Waals surface area contributed by atoms with E-state index in [1.165, 1.54) is 12.1 Å². The van der Waals surface area contributed by atoms with Crippen molar-refractivity contribution >= 4 is 11.9 Å². The van der Waals surface area contributed by atoms with E-state index in [1.54, 1.807) is 0 Å². The number of hydrogen-bond acceptors (Lipinski definition) is 2. The number of carboxylic acids is 2. The van der Waals surface area contributed by atoms with Crippen LogP contribution in [-0.2, 0) is 0 Å². The molecule has 4 nitrogen and oxygen atoms in total. The van der Waals surface area contributed by atoms with Crippen molar-refractivity contribution in [2.24, 2.45) is 0 Å². The summed E-state index contributed by atoms with van der Waals surface area (Å²) in [5, 5.41) is 17.0. The van der Waals surface area contributed by atoms with Gasteiger partial charge in [0, 0.05) is 0 Å². The van der Waals surface area contributed by atoms with E-state index < -0.39 is 11.9 Å². The highest BCUT2D eigenvalue weighted by atomic mass is 16.4. The van der Waals surface area contributed by atoms with Crippen LogP contribution in [-0.4, -0.2) is 22.2 Å². The highest BCUT2D eigenvalue weighted by Gasteiger charge is 2.06. The molecule has 0 heterocycles. The molecule has 0 aliphatic rings. The summed E-state index contributed by atoms with van der Waals surface area (Å²) in [5.74, 6) is -2.32. The second-order valence-corrected chi connectivity index (χ2v) is 2.12. The lowest BCUT2D eigenvalue weighted by atomic mass is 10.1. The van der Waals surface area contributed by atoms with E-state index >= 15 is 0 Å². The Labute approximate surface area is 68.1 Å². The molecule has 0 fully saturated rings. The smallest absolute Gasteiger partial charge is 0.335 e. The highest BCUT2D eigenvalue weighted by Crippen LogP contribution is 2.04. The van der Waals surface area contributed by atoms with Crippen LogP contribution in [0.5, 0.6) is 0 Å². The van der Waals surface area contributed by atoms with Gasteiger partial charge in [0.1, 0.15) is 0 Å². The maximum atomic E-state index is 10.4. The van der Waals surface area contributed by atoms with Crippen molar-refractivity contribution < 1.29 is 19.8 Å². The fourth-order valence-electron chi connectivity index (χ4n) is 0.719. The van der Waals surface area contributed by atoms with Crippen molar-refractivity contribution in [3.05, 3.63) is 35.4 Å². The lowest BCUT2D eigenvalue weighted by Crippen LogP contribution is -2.01. The lowest BCUT2D eigenvalue weighted by molar-refractivity contribution is 0.0696. The monoisotopic (exact) mass is 165 g/mol. The largest absolute Gasteiger partial charge is 0.478 e. The first-order valence-electron chi connectivity index (χ1n) is 3.09. The third-order valence-electron chi connectivity index (χ3n) is 1.28. The Morgan fingerprint density at radius 1 is 1.08 bits per heavy atom. The summed E-state index contributed by atoms with van der Waals surface area (Å²) in [6, 6.07) is 5.95. The van der Waals surface area contributed by atoms with Crippen LogP contribution in [0.4, 0.5) is 0 Å². The third kappa shape index (κ3) is 1.60. The molecule has 0 unspecified atom stereocenters. The molecule has 0 spiro atoms. The molecule has 0 aromatic heterocycles. The Hall–Kier alpha value is -1.84. The van der Waals surface area contributed by atoms with Crippen molar-refractivity contribution in [2.75, 3.05) is 0 Å². The van der Waals surface area contributed by atoms with Gasteiger partial charge in [0.15, 0.2) is 0 Å². The first-order valence-corrected chi connectivity index (χ1v) is 3.09. The first kappa shape index (κ1) is 8.26. The zero-order chi connectivity index (χ0) is 9.14. The molecule has 0 aliphatic heterocycles. The predicted octanol–water partition coefficient (Wildman–Crippen LogP) is 0.883. The summed E-state index contributed by atoms with van der Waals surface area (Å²) in [6.45, 7) is 0. The fraction of sp³-hybridized carbons (Fsp3) is 0. The van der Waals surface area contributed by atoms with Crippen LogP contribution in [0.2, 0.25) is 0 Å². The molecule has 0 saturated heterocycles. The first-order chi connectivity index (χ1) is 5.61. The molecule has 1 aromatic rings. The van der Waals surface area contributed by atoms with Crippen LogP contribution in [0.15, 0.2) is 18.2 Å². The standard InChI is InChI=1S/C8H5O4/c9-7(10)5-2-1-3-6(4-5)8(11)12/h2-4H,(H,9,10)(H,11,12). The molecule has 1 rings (SSSR count). The zero-order valence-electron chi connectivity index (χ0n) is 5.94. The highest BCUT2D eigenvalue weighted by molar-refractivity contribution is 5.93. The summed E-state index contributed by atoms with van der Waals surface area (Å²) in [7, 11) is 0. The second kappa shape index (κ2) is 3.04. The maximum absolute atomic E-state index is 10.4. The quantitative estimate of drug-likeness (QED) is 0.682. The van der Waals surface area contributed by atoms with Gasteiger partial charge in [0.25, 0.3) is 0 Å². The van der Waals surface area contributed by atoms with E-state index in [0.29, 0.717) is 0 Å². The molecule has 0 aliphatic carbocycles. The predicted molar refractivity (Wildman–Crippen MR) is 39.2 cm³/mol. The van der Waals surface area contributed by atoms with Gasteiger partial charge in [-0.1, -0.05) is 0 Å². The summed E-state index contributed by atoms with van der Waals surface area (Å²) < 4.78 is 0. The molecule has 2 N–H and O–H groups in total. The number of carboxylic acid groups (broad SMARTS) is 2. The molecular weight excluding hydrogens is 160 g/mol. The Morgan fingerprint density at radius 2 is 1.50 bits per heavy atom. The van der Waals surface area contributed by atoms with Crippen LogP contribution in [0.1, 0.15) is 20.7 Å². The van der Waals surface area contributed by atoms with E-state index in [1.807, 2.05) is 0 Å². The minimum absolute atomic E-state index is 0.0742. The molecule has 0 atom stereocenters. The molecule has 0 amide bonds. The van der Waals surface area contributed by atoms with Gasteiger partial charge in [-0.25, -0.2) is 9.59 Å². The van der Waals surface area contributed by atoms with Crippen LogP contribution < -0.4 is 0 Å². The Bertz CT molecular complexity index is 300. The molecule has 1 aromatic carbocycles. The molecule has 12 heavy (non-hydrogen) atoms. The minimum atomic E-state index is -1.16. The van der Waals surface area contributed by atoms with E-state index in [2.05, 4.69) is 6.07 Å². The van der Waals surface area contributed by atoms with Crippen molar-refractivity contribution in [2.45, 2.75) is 0 Å². The average molecular weight is 165 g/mol. The SMILES string of the molecule is O=C(O)c1c[c]cc(C(=O)O)c1. The molecule has 0 bridgehead atoms. The molecule has 0 saturated carbocycles. The Kier molecular flexibility index (Phi) is 2.09. The topological polar surface area (TPSA) is 74.6 Å². The van der Waals surface area contributed by atoms with E-state index in [4.69, 9.17) is 10.2 Å². The Morgan fingerprint density at radius 3 is 1.83 bits per heavy atom. The van der Waals surface area contributed by atoms with Crippen molar-refractivity contribution in [1.82, 2.24) is 0 Å². The maximum Gasteiger partial charge on any atom is 0.335 e. The number of carbonyl (C=O) groups is 2. The fourth-order valence-corrected chi connectivity index (χ4v) is 0.719. The third-order valence-corrected chi connectivity index (χ3v) is 1.28. The van der Waals surface area contributed by atoms with Gasteiger partial charge in [-0.3, -0.25) is 0 Å². The van der Waals surface area contributed by atoms with Crippen molar-refractivity contribution in [1.29, 1.82) is 0 Å². The van der Waals surface area contributed by atoms with Crippen LogP contribution in [0.25, 0.3) is 0 Å². The number of hydrogen-bond donors (Lipinski definition) is 2. The van der Waals surface area contributed by atoms with Gasteiger partial charge in [-0.2, -0.15) is 0 Å². The van der Waals surface area contributed by atoms with E-state index in [0.717, 1.165) is 6.07 Å². The van der Waals surface area contributed by atoms with Crippen molar-refractivity contribution in [3.63, 3.8) is 0 Å². The summed E-state index contributed by atoms with van der Waals surface area (Å²) in [4.78, 5) is 20.7. The summed E-state index contributed by atoms with van der Waals surface area (Å²) in [6.07, 6.45) is 0. The van der Waals surface area contributed by atoms with Crippen molar-refractivity contribution in [3.8, 4) is 0 Å². The van der Waals surface area contributed by atoms with Crippen LogP contribution in [0.3, 0.4) is 0 Å². The second-order valence-electron chi connectivity index (χ2n) is 2.12. The number of benzene rings is 1. The molecular formula is C8H5O4. The van der Waals surface area contributed by atoms with E-state index in [-0.39, 0.29) is 11.1 Å². The average Bonchev–Trinajstić information content (AvgIpc) is 2.04. The van der Waals surface area contributed by atoms with Gasteiger partial charge in [0.05, 0.1) is 11.1 Å². The summed E-state index contributed by atoms with van der Waals surface area (Å²) in [5.41, 5.74) is -0.148.